The minimum atomic E-state index is -4.91. The van der Waals surface area contributed by atoms with Crippen molar-refractivity contribution < 1.29 is 22.8 Å². The van der Waals surface area contributed by atoms with E-state index in [0.717, 1.165) is 31.9 Å². The van der Waals surface area contributed by atoms with Crippen molar-refractivity contribution >= 4 is 17.5 Å². The van der Waals surface area contributed by atoms with Crippen LogP contribution in [0.4, 0.5) is 30.6 Å². The van der Waals surface area contributed by atoms with E-state index in [2.05, 4.69) is 30.2 Å². The van der Waals surface area contributed by atoms with Crippen LogP contribution in [0.15, 0.2) is 36.5 Å². The minimum Gasteiger partial charge on any atom is -0.364 e. The Morgan fingerprint density at radius 1 is 1.11 bits per heavy atom. The number of alkyl halides is 3. The fourth-order valence-electron chi connectivity index (χ4n) is 5.01. The van der Waals surface area contributed by atoms with E-state index in [4.69, 9.17) is 0 Å². The SMILES string of the molecule is O=[N+]([O-])c1cnc(NC(OC(F)(F)F)c2ccccc2)nc1NC[C@H]1CC[C@H](N2CCCCC2)CC1. The number of benzene rings is 1. The average Bonchev–Trinajstić information content (AvgIpc) is 2.87. The van der Waals surface area contributed by atoms with E-state index in [0.29, 0.717) is 18.5 Å². The zero-order valence-corrected chi connectivity index (χ0v) is 19.9. The molecule has 1 aromatic heterocycles. The van der Waals surface area contributed by atoms with Crippen molar-refractivity contribution in [3.63, 3.8) is 0 Å². The first-order chi connectivity index (χ1) is 17.3. The molecule has 36 heavy (non-hydrogen) atoms. The minimum absolute atomic E-state index is 0.0329. The number of likely N-dealkylation sites (tertiary alicyclic amines) is 1. The third-order valence-electron chi connectivity index (χ3n) is 6.86. The summed E-state index contributed by atoms with van der Waals surface area (Å²) in [6.45, 7) is 2.82. The number of rotatable bonds is 9. The smallest absolute Gasteiger partial charge is 0.364 e. The van der Waals surface area contributed by atoms with Crippen LogP contribution in [0, 0.1) is 16.0 Å². The fourth-order valence-corrected chi connectivity index (χ4v) is 5.01. The summed E-state index contributed by atoms with van der Waals surface area (Å²) in [5.74, 6) is 0.0899. The third-order valence-corrected chi connectivity index (χ3v) is 6.86. The molecule has 196 valence electrons. The number of halogens is 3. The number of hydrogen-bond acceptors (Lipinski definition) is 8. The van der Waals surface area contributed by atoms with Gasteiger partial charge in [-0.3, -0.25) is 14.9 Å². The molecule has 2 aliphatic rings. The Balaban J connectivity index is 1.41. The van der Waals surface area contributed by atoms with Crippen LogP contribution in [0.25, 0.3) is 0 Å². The van der Waals surface area contributed by atoms with Gasteiger partial charge in [-0.05, 0) is 57.5 Å². The second-order valence-electron chi connectivity index (χ2n) is 9.34. The normalized spacial score (nSPS) is 22.1. The van der Waals surface area contributed by atoms with Crippen molar-refractivity contribution in [2.45, 2.75) is 63.6 Å². The number of aromatic nitrogens is 2. The zero-order chi connectivity index (χ0) is 25.5. The molecule has 2 aromatic rings. The van der Waals surface area contributed by atoms with Crippen LogP contribution in [-0.2, 0) is 4.74 Å². The van der Waals surface area contributed by atoms with Crippen molar-refractivity contribution in [3.05, 3.63) is 52.2 Å². The molecule has 0 bridgehead atoms. The quantitative estimate of drug-likeness (QED) is 0.260. The van der Waals surface area contributed by atoms with E-state index in [1.54, 1.807) is 18.2 Å². The molecule has 1 aliphatic carbocycles. The second-order valence-corrected chi connectivity index (χ2v) is 9.34. The molecule has 0 spiro atoms. The van der Waals surface area contributed by atoms with Crippen LogP contribution in [0.1, 0.15) is 56.7 Å². The number of nitro groups is 1. The molecule has 1 unspecified atom stereocenters. The molecule has 2 fully saturated rings. The highest BCUT2D eigenvalue weighted by atomic mass is 19.4. The van der Waals surface area contributed by atoms with E-state index >= 15 is 0 Å². The Morgan fingerprint density at radius 2 is 1.81 bits per heavy atom. The highest BCUT2D eigenvalue weighted by Gasteiger charge is 2.35. The van der Waals surface area contributed by atoms with Gasteiger partial charge in [0.05, 0.1) is 4.92 Å². The summed E-state index contributed by atoms with van der Waals surface area (Å²) in [7, 11) is 0. The van der Waals surface area contributed by atoms with E-state index in [1.165, 1.54) is 44.5 Å². The molecular weight excluding hydrogens is 477 g/mol. The molecule has 2 heterocycles. The number of piperidine rings is 1. The van der Waals surface area contributed by atoms with Crippen LogP contribution in [0.3, 0.4) is 0 Å². The van der Waals surface area contributed by atoms with Crippen molar-refractivity contribution in [3.8, 4) is 0 Å². The summed E-state index contributed by atoms with van der Waals surface area (Å²) in [5.41, 5.74) is -0.132. The average molecular weight is 509 g/mol. The molecular formula is C24H31F3N6O3. The number of anilines is 2. The van der Waals surface area contributed by atoms with Crippen LogP contribution >= 0.6 is 0 Å². The van der Waals surface area contributed by atoms with Gasteiger partial charge in [-0.1, -0.05) is 36.8 Å². The first-order valence-electron chi connectivity index (χ1n) is 12.3. The maximum absolute atomic E-state index is 13.0. The molecule has 2 N–H and O–H groups in total. The van der Waals surface area contributed by atoms with E-state index < -0.39 is 17.5 Å². The van der Waals surface area contributed by atoms with Gasteiger partial charge in [-0.25, -0.2) is 4.98 Å². The maximum atomic E-state index is 13.0. The molecule has 1 aliphatic heterocycles. The molecule has 1 saturated heterocycles. The van der Waals surface area contributed by atoms with Crippen molar-refractivity contribution in [2.24, 2.45) is 5.92 Å². The predicted molar refractivity (Wildman–Crippen MR) is 128 cm³/mol. The van der Waals surface area contributed by atoms with Gasteiger partial charge in [-0.2, -0.15) is 4.98 Å². The number of ether oxygens (including phenoxy) is 1. The third kappa shape index (κ3) is 7.26. The molecule has 12 heteroatoms. The van der Waals surface area contributed by atoms with Gasteiger partial charge in [0.1, 0.15) is 6.20 Å². The van der Waals surface area contributed by atoms with Crippen LogP contribution in [-0.4, -0.2) is 51.8 Å². The number of nitrogens with one attached hydrogen (secondary N) is 2. The first-order valence-corrected chi connectivity index (χ1v) is 12.3. The van der Waals surface area contributed by atoms with E-state index in [-0.39, 0.29) is 23.0 Å². The Kier molecular flexibility index (Phi) is 8.57. The lowest BCUT2D eigenvalue weighted by Gasteiger charge is -2.39. The van der Waals surface area contributed by atoms with Gasteiger partial charge in [0.2, 0.25) is 11.8 Å². The predicted octanol–water partition coefficient (Wildman–Crippen LogP) is 5.49. The van der Waals surface area contributed by atoms with Gasteiger partial charge >= 0.3 is 12.0 Å². The van der Waals surface area contributed by atoms with Crippen LogP contribution in [0.5, 0.6) is 0 Å². The van der Waals surface area contributed by atoms with E-state index in [9.17, 15) is 23.3 Å². The van der Waals surface area contributed by atoms with Gasteiger partial charge < -0.3 is 15.5 Å². The highest BCUT2D eigenvalue weighted by Crippen LogP contribution is 2.32. The second kappa shape index (κ2) is 11.8. The summed E-state index contributed by atoms with van der Waals surface area (Å²) >= 11 is 0. The lowest BCUT2D eigenvalue weighted by atomic mass is 9.84. The standard InChI is InChI=1S/C24H31F3N6O3/c25-24(26,27)36-22(18-7-3-1-4-8-18)31-23-29-16-20(33(34)35)21(30-23)28-15-17-9-11-19(12-10-17)32-13-5-2-6-14-32/h1,3-4,7-8,16-17,19,22H,2,5-6,9-15H2,(H2,28,29,30,31)/t17-,19-,22?. The van der Waals surface area contributed by atoms with Gasteiger partial charge in [0.25, 0.3) is 0 Å². The molecule has 1 atom stereocenters. The summed E-state index contributed by atoms with van der Waals surface area (Å²) in [6, 6.07) is 8.36. The molecule has 1 saturated carbocycles. The van der Waals surface area contributed by atoms with Crippen LogP contribution in [0.2, 0.25) is 0 Å². The topological polar surface area (TPSA) is 105 Å². The molecule has 1 aromatic carbocycles. The molecule has 0 amide bonds. The molecule has 4 rings (SSSR count). The summed E-state index contributed by atoms with van der Waals surface area (Å²) in [4.78, 5) is 21.5. The van der Waals surface area contributed by atoms with Crippen molar-refractivity contribution in [1.29, 1.82) is 0 Å². The van der Waals surface area contributed by atoms with Gasteiger partial charge in [0, 0.05) is 18.2 Å². The van der Waals surface area contributed by atoms with Crippen LogP contribution < -0.4 is 10.6 Å². The number of nitrogens with zero attached hydrogens (tertiary/aromatic N) is 4. The maximum Gasteiger partial charge on any atom is 0.524 e. The lowest BCUT2D eigenvalue weighted by Crippen LogP contribution is -2.41. The number of hydrogen-bond donors (Lipinski definition) is 2. The van der Waals surface area contributed by atoms with E-state index in [1.807, 2.05) is 0 Å². The van der Waals surface area contributed by atoms with Crippen molar-refractivity contribution in [2.75, 3.05) is 30.3 Å². The monoisotopic (exact) mass is 508 g/mol. The highest BCUT2D eigenvalue weighted by molar-refractivity contribution is 5.57. The lowest BCUT2D eigenvalue weighted by molar-refractivity contribution is -0.384. The zero-order valence-electron chi connectivity index (χ0n) is 19.9. The Labute approximate surface area is 207 Å². The Hall–Kier alpha value is -2.99. The van der Waals surface area contributed by atoms with Gasteiger partial charge in [0.15, 0.2) is 6.23 Å². The summed E-state index contributed by atoms with van der Waals surface area (Å²) in [5, 5.41) is 17.1. The molecule has 0 radical (unpaired) electrons. The summed E-state index contributed by atoms with van der Waals surface area (Å²) in [6.07, 6.45) is 2.48. The Morgan fingerprint density at radius 3 is 2.44 bits per heavy atom. The largest absolute Gasteiger partial charge is 0.524 e. The Bertz CT molecular complexity index is 996. The fraction of sp³-hybridized carbons (Fsp3) is 0.583. The van der Waals surface area contributed by atoms with Crippen molar-refractivity contribution in [1.82, 2.24) is 14.9 Å². The first kappa shape index (κ1) is 26.1. The molecule has 9 nitrogen and oxygen atoms in total. The summed E-state index contributed by atoms with van der Waals surface area (Å²) < 4.78 is 43.2. The van der Waals surface area contributed by atoms with Gasteiger partial charge in [-0.15, -0.1) is 13.2 Å².